The molecule has 0 aliphatic carbocycles. The zero-order valence-electron chi connectivity index (χ0n) is 13.9. The Morgan fingerprint density at radius 3 is 2.75 bits per heavy atom. The van der Waals surface area contributed by atoms with Crippen LogP contribution in [0.1, 0.15) is 35.8 Å². The van der Waals surface area contributed by atoms with E-state index in [4.69, 9.17) is 4.74 Å². The Bertz CT molecular complexity index is 855. The van der Waals surface area contributed by atoms with Gasteiger partial charge in [-0.1, -0.05) is 6.07 Å². The Kier molecular flexibility index (Phi) is 4.41. The fourth-order valence-electron chi connectivity index (χ4n) is 2.34. The molecule has 0 saturated carbocycles. The number of carbonyl (C=O) groups excluding carboxylic acids is 1. The molecule has 124 valence electrons. The summed E-state index contributed by atoms with van der Waals surface area (Å²) in [5.41, 5.74) is 2.86. The van der Waals surface area contributed by atoms with Crippen molar-refractivity contribution < 1.29 is 9.53 Å². The van der Waals surface area contributed by atoms with Crippen LogP contribution < -0.4 is 10.1 Å². The predicted molar refractivity (Wildman–Crippen MR) is 89.9 cm³/mol. The molecule has 0 saturated heterocycles. The van der Waals surface area contributed by atoms with Gasteiger partial charge in [-0.2, -0.15) is 0 Å². The first kappa shape index (κ1) is 15.9. The standard InChI is InChI=1S/C17H19N5O2/c1-11(2)22-10-21-14-6-13(9-19-16(14)22)17(23)20-8-12-4-5-15(24-3)18-7-12/h4-7,9-11H,8H2,1-3H3,(H,20,23). The molecule has 0 spiro atoms. The smallest absolute Gasteiger partial charge is 0.253 e. The molecular formula is C17H19N5O2. The van der Waals surface area contributed by atoms with Gasteiger partial charge in [-0.25, -0.2) is 15.0 Å². The van der Waals surface area contributed by atoms with Crippen LogP contribution in [0.25, 0.3) is 11.2 Å². The highest BCUT2D eigenvalue weighted by molar-refractivity contribution is 5.96. The van der Waals surface area contributed by atoms with E-state index < -0.39 is 0 Å². The first-order valence-corrected chi connectivity index (χ1v) is 7.68. The lowest BCUT2D eigenvalue weighted by molar-refractivity contribution is 0.0950. The van der Waals surface area contributed by atoms with E-state index in [2.05, 4.69) is 34.1 Å². The summed E-state index contributed by atoms with van der Waals surface area (Å²) < 4.78 is 6.98. The van der Waals surface area contributed by atoms with Gasteiger partial charge in [0, 0.05) is 31.0 Å². The van der Waals surface area contributed by atoms with Gasteiger partial charge in [0.25, 0.3) is 5.91 Å². The second-order valence-corrected chi connectivity index (χ2v) is 5.70. The summed E-state index contributed by atoms with van der Waals surface area (Å²) in [4.78, 5) is 25.1. The van der Waals surface area contributed by atoms with Crippen LogP contribution in [-0.2, 0) is 6.54 Å². The van der Waals surface area contributed by atoms with Crippen molar-refractivity contribution >= 4 is 17.1 Å². The molecule has 7 nitrogen and oxygen atoms in total. The number of methoxy groups -OCH3 is 1. The number of aromatic nitrogens is 4. The zero-order valence-corrected chi connectivity index (χ0v) is 13.9. The summed E-state index contributed by atoms with van der Waals surface area (Å²) in [6.07, 6.45) is 4.99. The maximum absolute atomic E-state index is 12.3. The molecule has 0 unspecified atom stereocenters. The number of rotatable bonds is 5. The lowest BCUT2D eigenvalue weighted by Gasteiger charge is -2.08. The summed E-state index contributed by atoms with van der Waals surface area (Å²) >= 11 is 0. The molecule has 1 amide bonds. The number of imidazole rings is 1. The Morgan fingerprint density at radius 2 is 2.08 bits per heavy atom. The summed E-state index contributed by atoms with van der Waals surface area (Å²) in [7, 11) is 1.56. The minimum atomic E-state index is -0.195. The molecule has 0 bridgehead atoms. The van der Waals surface area contributed by atoms with Crippen molar-refractivity contribution in [3.8, 4) is 5.88 Å². The van der Waals surface area contributed by atoms with E-state index in [1.165, 1.54) is 0 Å². The Balaban J connectivity index is 1.71. The summed E-state index contributed by atoms with van der Waals surface area (Å²) in [5.74, 6) is 0.347. The Morgan fingerprint density at radius 1 is 1.25 bits per heavy atom. The van der Waals surface area contributed by atoms with Crippen LogP contribution in [0, 0.1) is 0 Å². The number of ether oxygens (including phenoxy) is 1. The Hall–Kier alpha value is -2.96. The van der Waals surface area contributed by atoms with Gasteiger partial charge in [0.15, 0.2) is 5.65 Å². The van der Waals surface area contributed by atoms with Crippen LogP contribution in [0.15, 0.2) is 36.9 Å². The lowest BCUT2D eigenvalue weighted by Crippen LogP contribution is -2.23. The molecule has 0 fully saturated rings. The van der Waals surface area contributed by atoms with E-state index in [1.54, 1.807) is 38.0 Å². The molecule has 0 aliphatic rings. The molecule has 24 heavy (non-hydrogen) atoms. The van der Waals surface area contributed by atoms with Crippen molar-refractivity contribution in [2.45, 2.75) is 26.4 Å². The van der Waals surface area contributed by atoms with E-state index in [9.17, 15) is 4.79 Å². The fraction of sp³-hybridized carbons (Fsp3) is 0.294. The molecule has 0 atom stereocenters. The van der Waals surface area contributed by atoms with Crippen molar-refractivity contribution in [3.05, 3.63) is 48.0 Å². The monoisotopic (exact) mass is 325 g/mol. The first-order valence-electron chi connectivity index (χ1n) is 7.68. The number of nitrogens with one attached hydrogen (secondary N) is 1. The molecule has 3 aromatic heterocycles. The quantitative estimate of drug-likeness (QED) is 0.778. The highest BCUT2D eigenvalue weighted by Crippen LogP contribution is 2.16. The van der Waals surface area contributed by atoms with Crippen molar-refractivity contribution in [1.29, 1.82) is 0 Å². The van der Waals surface area contributed by atoms with E-state index in [-0.39, 0.29) is 11.9 Å². The van der Waals surface area contributed by atoms with E-state index in [1.807, 2.05) is 10.6 Å². The van der Waals surface area contributed by atoms with Crippen molar-refractivity contribution in [2.75, 3.05) is 7.11 Å². The fourth-order valence-corrected chi connectivity index (χ4v) is 2.34. The van der Waals surface area contributed by atoms with Crippen LogP contribution in [0.4, 0.5) is 0 Å². The molecule has 3 rings (SSSR count). The van der Waals surface area contributed by atoms with Gasteiger partial charge in [0.05, 0.1) is 19.0 Å². The third-order valence-corrected chi connectivity index (χ3v) is 3.69. The molecular weight excluding hydrogens is 306 g/mol. The normalized spacial score (nSPS) is 11.0. The van der Waals surface area contributed by atoms with Crippen LogP contribution in [0.5, 0.6) is 5.88 Å². The highest BCUT2D eigenvalue weighted by Gasteiger charge is 2.11. The van der Waals surface area contributed by atoms with Gasteiger partial charge in [-0.3, -0.25) is 4.79 Å². The topological polar surface area (TPSA) is 81.9 Å². The number of nitrogens with zero attached hydrogens (tertiary/aromatic N) is 4. The molecule has 0 radical (unpaired) electrons. The van der Waals surface area contributed by atoms with Gasteiger partial charge < -0.3 is 14.6 Å². The largest absolute Gasteiger partial charge is 0.481 e. The number of amides is 1. The molecule has 0 aliphatic heterocycles. The average molecular weight is 325 g/mol. The maximum atomic E-state index is 12.3. The minimum Gasteiger partial charge on any atom is -0.481 e. The molecule has 1 N–H and O–H groups in total. The van der Waals surface area contributed by atoms with Gasteiger partial charge in [-0.05, 0) is 25.5 Å². The van der Waals surface area contributed by atoms with Gasteiger partial charge >= 0.3 is 0 Å². The number of pyridine rings is 2. The van der Waals surface area contributed by atoms with E-state index in [0.29, 0.717) is 23.5 Å². The van der Waals surface area contributed by atoms with Gasteiger partial charge in [0.1, 0.15) is 5.52 Å². The zero-order chi connectivity index (χ0) is 17.1. The molecule has 3 heterocycles. The third-order valence-electron chi connectivity index (χ3n) is 3.69. The first-order chi connectivity index (χ1) is 11.6. The van der Waals surface area contributed by atoms with Crippen molar-refractivity contribution in [2.24, 2.45) is 0 Å². The van der Waals surface area contributed by atoms with Crippen LogP contribution >= 0.6 is 0 Å². The Labute approximate surface area is 139 Å². The summed E-state index contributed by atoms with van der Waals surface area (Å²) in [6.45, 7) is 4.51. The third kappa shape index (κ3) is 3.19. The van der Waals surface area contributed by atoms with E-state index >= 15 is 0 Å². The molecule has 3 aromatic rings. The minimum absolute atomic E-state index is 0.195. The second kappa shape index (κ2) is 6.66. The number of fused-ring (bicyclic) bond motifs is 1. The molecule has 7 heteroatoms. The van der Waals surface area contributed by atoms with Crippen molar-refractivity contribution in [1.82, 2.24) is 24.8 Å². The molecule has 0 aromatic carbocycles. The van der Waals surface area contributed by atoms with E-state index in [0.717, 1.165) is 11.2 Å². The SMILES string of the molecule is COc1ccc(CNC(=O)c2cnc3c(c2)ncn3C(C)C)cn1. The van der Waals surface area contributed by atoms with Crippen LogP contribution in [0.3, 0.4) is 0 Å². The average Bonchev–Trinajstić information content (AvgIpc) is 3.03. The maximum Gasteiger partial charge on any atom is 0.253 e. The lowest BCUT2D eigenvalue weighted by atomic mass is 10.2. The number of hydrogen-bond acceptors (Lipinski definition) is 5. The van der Waals surface area contributed by atoms with Crippen LogP contribution in [-0.4, -0.2) is 32.5 Å². The summed E-state index contributed by atoms with van der Waals surface area (Å²) in [6, 6.07) is 5.64. The van der Waals surface area contributed by atoms with Gasteiger partial charge in [0.2, 0.25) is 5.88 Å². The highest BCUT2D eigenvalue weighted by atomic mass is 16.5. The van der Waals surface area contributed by atoms with Crippen LogP contribution in [0.2, 0.25) is 0 Å². The predicted octanol–water partition coefficient (Wildman–Crippen LogP) is 2.35. The van der Waals surface area contributed by atoms with Crippen molar-refractivity contribution in [3.63, 3.8) is 0 Å². The number of carbonyl (C=O) groups is 1. The number of hydrogen-bond donors (Lipinski definition) is 1. The van der Waals surface area contributed by atoms with Gasteiger partial charge in [-0.15, -0.1) is 0 Å². The second-order valence-electron chi connectivity index (χ2n) is 5.70. The summed E-state index contributed by atoms with van der Waals surface area (Å²) in [5, 5.41) is 2.85.